The topological polar surface area (TPSA) is 41.6 Å². The smallest absolute Gasteiger partial charge is 0.234 e. The monoisotopic (exact) mass is 334 g/mol. The van der Waals surface area contributed by atoms with Crippen LogP contribution in [0.3, 0.4) is 0 Å². The Kier molecular flexibility index (Phi) is 6.37. The van der Waals surface area contributed by atoms with Gasteiger partial charge in [0.2, 0.25) is 5.91 Å². The molecule has 2 heterocycles. The van der Waals surface area contributed by atoms with E-state index in [2.05, 4.69) is 40.5 Å². The lowest BCUT2D eigenvalue weighted by atomic mass is 10.2. The molecule has 1 amide bonds. The molecule has 0 aliphatic carbocycles. The van der Waals surface area contributed by atoms with Gasteiger partial charge in [0, 0.05) is 30.3 Å². The van der Waals surface area contributed by atoms with Gasteiger partial charge in [-0.05, 0) is 43.9 Å². The van der Waals surface area contributed by atoms with Crippen molar-refractivity contribution in [3.8, 4) is 0 Å². The van der Waals surface area contributed by atoms with Crippen molar-refractivity contribution >= 4 is 17.7 Å². The number of nitrogens with one attached hydrogen (secondary N) is 1. The van der Waals surface area contributed by atoms with Crippen molar-refractivity contribution in [2.45, 2.75) is 30.3 Å². The number of hydrogen-bond donors (Lipinski definition) is 1. The van der Waals surface area contributed by atoms with Crippen LogP contribution in [-0.2, 0) is 9.53 Å². The van der Waals surface area contributed by atoms with E-state index in [9.17, 15) is 4.79 Å². The molecule has 4 nitrogen and oxygen atoms in total. The number of carbonyl (C=O) groups excluding carboxylic acids is 1. The third kappa shape index (κ3) is 5.52. The fourth-order valence-corrected chi connectivity index (χ4v) is 4.27. The third-order valence-corrected chi connectivity index (χ3v) is 5.76. The average Bonchev–Trinajstić information content (AvgIpc) is 3.24. The first-order valence-corrected chi connectivity index (χ1v) is 9.56. The van der Waals surface area contributed by atoms with Gasteiger partial charge in [-0.2, -0.15) is 0 Å². The highest BCUT2D eigenvalue weighted by atomic mass is 32.2. The molecule has 2 fully saturated rings. The van der Waals surface area contributed by atoms with E-state index in [4.69, 9.17) is 4.74 Å². The molecular formula is C18H26N2O2S. The molecule has 0 bridgehead atoms. The van der Waals surface area contributed by atoms with Gasteiger partial charge in [0.25, 0.3) is 0 Å². The van der Waals surface area contributed by atoms with Crippen LogP contribution in [0, 0.1) is 5.92 Å². The van der Waals surface area contributed by atoms with Crippen LogP contribution >= 0.6 is 11.8 Å². The third-order valence-electron chi connectivity index (χ3n) is 4.52. The normalized spacial score (nSPS) is 24.9. The van der Waals surface area contributed by atoms with Crippen LogP contribution in [0.2, 0.25) is 0 Å². The summed E-state index contributed by atoms with van der Waals surface area (Å²) < 4.78 is 5.53. The lowest BCUT2D eigenvalue weighted by Gasteiger charge is -2.17. The van der Waals surface area contributed by atoms with Crippen LogP contribution in [0.1, 0.15) is 19.3 Å². The van der Waals surface area contributed by atoms with E-state index < -0.39 is 0 Å². The number of rotatable bonds is 7. The predicted octanol–water partition coefficient (Wildman–Crippen LogP) is 2.40. The van der Waals surface area contributed by atoms with Gasteiger partial charge in [0.15, 0.2) is 0 Å². The number of benzene rings is 1. The van der Waals surface area contributed by atoms with E-state index in [-0.39, 0.29) is 12.0 Å². The number of hydrogen-bond acceptors (Lipinski definition) is 4. The minimum Gasteiger partial charge on any atom is -0.376 e. The number of carbonyl (C=O) groups is 1. The Labute approximate surface area is 143 Å². The highest BCUT2D eigenvalue weighted by Crippen LogP contribution is 2.25. The molecule has 0 spiro atoms. The molecule has 1 N–H and O–H groups in total. The molecule has 23 heavy (non-hydrogen) atoms. The second-order valence-corrected chi connectivity index (χ2v) is 7.55. The fraction of sp³-hybridized carbons (Fsp3) is 0.611. The Hall–Kier alpha value is -1.04. The lowest BCUT2D eigenvalue weighted by molar-refractivity contribution is -0.122. The van der Waals surface area contributed by atoms with Crippen molar-refractivity contribution in [2.24, 2.45) is 5.92 Å². The summed E-state index contributed by atoms with van der Waals surface area (Å²) in [4.78, 5) is 15.6. The van der Waals surface area contributed by atoms with Gasteiger partial charge < -0.3 is 10.1 Å². The molecule has 2 saturated heterocycles. The molecule has 0 unspecified atom stereocenters. The minimum atomic E-state index is 0.136. The van der Waals surface area contributed by atoms with Crippen molar-refractivity contribution in [3.63, 3.8) is 0 Å². The van der Waals surface area contributed by atoms with Gasteiger partial charge >= 0.3 is 0 Å². The highest BCUT2D eigenvalue weighted by molar-refractivity contribution is 7.99. The summed E-state index contributed by atoms with van der Waals surface area (Å²) in [5.41, 5.74) is 0. The maximum Gasteiger partial charge on any atom is 0.234 e. The molecule has 0 aromatic heterocycles. The van der Waals surface area contributed by atoms with Crippen molar-refractivity contribution in [2.75, 3.05) is 38.5 Å². The van der Waals surface area contributed by atoms with Gasteiger partial charge in [-0.15, -0.1) is 11.8 Å². The second-order valence-electron chi connectivity index (χ2n) is 6.45. The molecule has 126 valence electrons. The summed E-state index contributed by atoms with van der Waals surface area (Å²) in [6.45, 7) is 4.10. The predicted molar refractivity (Wildman–Crippen MR) is 93.7 cm³/mol. The quantitative estimate of drug-likeness (QED) is 0.778. The summed E-state index contributed by atoms with van der Waals surface area (Å²) in [5, 5.41) is 3.01. The van der Waals surface area contributed by atoms with E-state index in [0.717, 1.165) is 38.3 Å². The van der Waals surface area contributed by atoms with Gasteiger partial charge in [0.05, 0.1) is 12.6 Å². The Morgan fingerprint density at radius 3 is 2.96 bits per heavy atom. The molecule has 0 saturated carbocycles. The van der Waals surface area contributed by atoms with Crippen molar-refractivity contribution < 1.29 is 9.53 Å². The lowest BCUT2D eigenvalue weighted by Crippen LogP contribution is -2.39. The molecule has 1 aromatic rings. The molecule has 2 aliphatic rings. The minimum absolute atomic E-state index is 0.136. The van der Waals surface area contributed by atoms with E-state index in [1.54, 1.807) is 0 Å². The maximum atomic E-state index is 12.0. The van der Waals surface area contributed by atoms with Crippen LogP contribution < -0.4 is 5.32 Å². The molecular weight excluding hydrogens is 308 g/mol. The number of ether oxygens (including phenoxy) is 1. The first-order valence-electron chi connectivity index (χ1n) is 8.58. The van der Waals surface area contributed by atoms with E-state index in [1.807, 2.05) is 11.8 Å². The first kappa shape index (κ1) is 16.8. The molecule has 0 radical (unpaired) electrons. The SMILES string of the molecule is O=C(CN1CC[C@H](CSc2ccccc2)C1)NC[C@H]1CCCO1. The molecule has 3 rings (SSSR count). The van der Waals surface area contributed by atoms with Crippen LogP contribution in [0.15, 0.2) is 35.2 Å². The number of amides is 1. The summed E-state index contributed by atoms with van der Waals surface area (Å²) in [5.74, 6) is 1.96. The second kappa shape index (κ2) is 8.71. The molecule has 1 aromatic carbocycles. The Morgan fingerprint density at radius 2 is 2.17 bits per heavy atom. The van der Waals surface area contributed by atoms with Crippen LogP contribution in [-0.4, -0.2) is 55.4 Å². The highest BCUT2D eigenvalue weighted by Gasteiger charge is 2.24. The molecule has 2 atom stereocenters. The summed E-state index contributed by atoms with van der Waals surface area (Å²) in [7, 11) is 0. The van der Waals surface area contributed by atoms with Crippen LogP contribution in [0.25, 0.3) is 0 Å². The van der Waals surface area contributed by atoms with Gasteiger partial charge in [-0.1, -0.05) is 18.2 Å². The van der Waals surface area contributed by atoms with Crippen LogP contribution in [0.5, 0.6) is 0 Å². The van der Waals surface area contributed by atoms with Crippen molar-refractivity contribution in [1.82, 2.24) is 10.2 Å². The standard InChI is InChI=1S/C18H26N2O2S/c21-18(19-11-16-5-4-10-22-16)13-20-9-8-15(12-20)14-23-17-6-2-1-3-7-17/h1-3,6-7,15-16H,4-5,8-14H2,(H,19,21)/t15-,16+/m0/s1. The average molecular weight is 334 g/mol. The zero-order valence-electron chi connectivity index (χ0n) is 13.6. The number of likely N-dealkylation sites (tertiary alicyclic amines) is 1. The summed E-state index contributed by atoms with van der Waals surface area (Å²) in [6, 6.07) is 10.5. The van der Waals surface area contributed by atoms with E-state index in [0.29, 0.717) is 19.0 Å². The van der Waals surface area contributed by atoms with Crippen molar-refractivity contribution in [1.29, 1.82) is 0 Å². The van der Waals surface area contributed by atoms with Gasteiger partial charge in [-0.3, -0.25) is 9.69 Å². The zero-order valence-corrected chi connectivity index (χ0v) is 14.4. The number of thioether (sulfide) groups is 1. The maximum absolute atomic E-state index is 12.0. The zero-order chi connectivity index (χ0) is 15.9. The number of nitrogens with zero attached hydrogens (tertiary/aromatic N) is 1. The fourth-order valence-electron chi connectivity index (χ4n) is 3.22. The largest absolute Gasteiger partial charge is 0.376 e. The molecule has 5 heteroatoms. The Bertz CT molecular complexity index is 491. The Morgan fingerprint density at radius 1 is 1.30 bits per heavy atom. The van der Waals surface area contributed by atoms with E-state index in [1.165, 1.54) is 11.3 Å². The summed E-state index contributed by atoms with van der Waals surface area (Å²) in [6.07, 6.45) is 3.61. The first-order chi connectivity index (χ1) is 11.3. The summed E-state index contributed by atoms with van der Waals surface area (Å²) >= 11 is 1.92. The van der Waals surface area contributed by atoms with E-state index >= 15 is 0 Å². The van der Waals surface area contributed by atoms with Gasteiger partial charge in [0.1, 0.15) is 0 Å². The molecule has 2 aliphatic heterocycles. The Balaban J connectivity index is 1.32. The van der Waals surface area contributed by atoms with Crippen molar-refractivity contribution in [3.05, 3.63) is 30.3 Å². The van der Waals surface area contributed by atoms with Gasteiger partial charge in [-0.25, -0.2) is 0 Å². The van der Waals surface area contributed by atoms with Crippen LogP contribution in [0.4, 0.5) is 0 Å².